The van der Waals surface area contributed by atoms with E-state index in [4.69, 9.17) is 4.74 Å². The van der Waals surface area contributed by atoms with Crippen LogP contribution in [0.1, 0.15) is 60.9 Å². The van der Waals surface area contributed by atoms with Crippen LogP contribution in [0.5, 0.6) is 5.75 Å². The summed E-state index contributed by atoms with van der Waals surface area (Å²) in [5, 5.41) is 3.23. The first-order chi connectivity index (χ1) is 15.2. The average molecular weight is 421 g/mol. The van der Waals surface area contributed by atoms with E-state index in [1.54, 1.807) is 0 Å². The van der Waals surface area contributed by atoms with Gasteiger partial charge >= 0.3 is 0 Å². The molecule has 0 radical (unpaired) electrons. The molecule has 1 aliphatic heterocycles. The SMILES string of the molecule is O=C(NC1CCCCC1)C1CCCN(C(=O)c2ccc(COc3ccccc3)cc2)C1. The van der Waals surface area contributed by atoms with Crippen molar-refractivity contribution in [3.8, 4) is 5.75 Å². The highest BCUT2D eigenvalue weighted by Crippen LogP contribution is 2.22. The number of hydrogen-bond acceptors (Lipinski definition) is 3. The third kappa shape index (κ3) is 5.87. The quantitative estimate of drug-likeness (QED) is 0.745. The van der Waals surface area contributed by atoms with E-state index in [1.807, 2.05) is 59.5 Å². The van der Waals surface area contributed by atoms with Crippen molar-refractivity contribution in [1.29, 1.82) is 0 Å². The lowest BCUT2D eigenvalue weighted by Crippen LogP contribution is -2.47. The van der Waals surface area contributed by atoms with E-state index in [9.17, 15) is 9.59 Å². The molecule has 2 fully saturated rings. The standard InChI is InChI=1S/C26H32N2O3/c29-25(27-23-9-3-1-4-10-23)22-8-7-17-28(18-22)26(30)21-15-13-20(14-16-21)19-31-24-11-5-2-6-12-24/h2,5-6,11-16,22-23H,1,3-4,7-10,17-19H2,(H,27,29). The molecule has 1 aliphatic carbocycles. The van der Waals surface area contributed by atoms with Crippen LogP contribution in [0.3, 0.4) is 0 Å². The molecule has 0 spiro atoms. The molecule has 1 N–H and O–H groups in total. The smallest absolute Gasteiger partial charge is 0.253 e. The average Bonchev–Trinajstić information content (AvgIpc) is 2.84. The molecular weight excluding hydrogens is 388 g/mol. The molecular formula is C26H32N2O3. The molecule has 2 aromatic rings. The van der Waals surface area contributed by atoms with Crippen LogP contribution in [0.2, 0.25) is 0 Å². The van der Waals surface area contributed by atoms with E-state index in [1.165, 1.54) is 19.3 Å². The van der Waals surface area contributed by atoms with E-state index >= 15 is 0 Å². The van der Waals surface area contributed by atoms with Crippen LogP contribution in [-0.2, 0) is 11.4 Å². The second kappa shape index (κ2) is 10.5. The van der Waals surface area contributed by atoms with Crippen LogP contribution < -0.4 is 10.1 Å². The van der Waals surface area contributed by atoms with Crippen molar-refractivity contribution < 1.29 is 14.3 Å². The lowest BCUT2D eigenvalue weighted by atomic mass is 9.92. The van der Waals surface area contributed by atoms with Gasteiger partial charge in [-0.3, -0.25) is 9.59 Å². The number of hydrogen-bond donors (Lipinski definition) is 1. The normalized spacial score (nSPS) is 19.6. The maximum Gasteiger partial charge on any atom is 0.253 e. The number of rotatable bonds is 6. The minimum Gasteiger partial charge on any atom is -0.489 e. The number of benzene rings is 2. The van der Waals surface area contributed by atoms with Crippen molar-refractivity contribution >= 4 is 11.8 Å². The highest BCUT2D eigenvalue weighted by molar-refractivity contribution is 5.94. The van der Waals surface area contributed by atoms with Crippen LogP contribution in [-0.4, -0.2) is 35.8 Å². The number of para-hydroxylation sites is 1. The van der Waals surface area contributed by atoms with E-state index in [2.05, 4.69) is 5.32 Å². The van der Waals surface area contributed by atoms with Crippen molar-refractivity contribution in [2.24, 2.45) is 5.92 Å². The Morgan fingerprint density at radius 3 is 2.39 bits per heavy atom. The topological polar surface area (TPSA) is 58.6 Å². The fourth-order valence-corrected chi connectivity index (χ4v) is 4.55. The highest BCUT2D eigenvalue weighted by atomic mass is 16.5. The Labute approximate surface area is 184 Å². The first-order valence-corrected chi connectivity index (χ1v) is 11.6. The molecule has 5 nitrogen and oxygen atoms in total. The predicted molar refractivity (Wildman–Crippen MR) is 121 cm³/mol. The van der Waals surface area contributed by atoms with E-state index in [0.29, 0.717) is 31.3 Å². The summed E-state index contributed by atoms with van der Waals surface area (Å²) in [6.45, 7) is 1.69. The van der Waals surface area contributed by atoms with Crippen molar-refractivity contribution in [1.82, 2.24) is 10.2 Å². The molecule has 0 aromatic heterocycles. The molecule has 1 atom stereocenters. The van der Waals surface area contributed by atoms with Gasteiger partial charge in [0.2, 0.25) is 5.91 Å². The summed E-state index contributed by atoms with van der Waals surface area (Å²) in [6, 6.07) is 17.6. The molecule has 4 rings (SSSR count). The molecule has 2 amide bonds. The minimum atomic E-state index is -0.0989. The highest BCUT2D eigenvalue weighted by Gasteiger charge is 2.30. The summed E-state index contributed by atoms with van der Waals surface area (Å²) in [7, 11) is 0. The van der Waals surface area contributed by atoms with Gasteiger partial charge in [-0.25, -0.2) is 0 Å². The van der Waals surface area contributed by atoms with Gasteiger partial charge in [-0.15, -0.1) is 0 Å². The fraction of sp³-hybridized carbons (Fsp3) is 0.462. The Balaban J connectivity index is 1.30. The lowest BCUT2D eigenvalue weighted by Gasteiger charge is -2.33. The Kier molecular flexibility index (Phi) is 7.23. The Bertz CT molecular complexity index is 860. The maximum absolute atomic E-state index is 13.0. The molecule has 1 saturated carbocycles. The predicted octanol–water partition coefficient (Wildman–Crippen LogP) is 4.57. The number of carbonyl (C=O) groups is 2. The molecule has 31 heavy (non-hydrogen) atoms. The third-order valence-corrected chi connectivity index (χ3v) is 6.38. The molecule has 2 aliphatic rings. The van der Waals surface area contributed by atoms with Gasteiger partial charge < -0.3 is 15.0 Å². The summed E-state index contributed by atoms with van der Waals surface area (Å²) in [4.78, 5) is 27.6. The molecule has 1 saturated heterocycles. The number of amides is 2. The fourth-order valence-electron chi connectivity index (χ4n) is 4.55. The van der Waals surface area contributed by atoms with Gasteiger partial charge in [0.1, 0.15) is 12.4 Å². The van der Waals surface area contributed by atoms with E-state index in [-0.39, 0.29) is 17.7 Å². The first-order valence-electron chi connectivity index (χ1n) is 11.6. The number of nitrogens with zero attached hydrogens (tertiary/aromatic N) is 1. The summed E-state index contributed by atoms with van der Waals surface area (Å²) >= 11 is 0. The largest absolute Gasteiger partial charge is 0.489 e. The monoisotopic (exact) mass is 420 g/mol. The van der Waals surface area contributed by atoms with Crippen LogP contribution in [0.25, 0.3) is 0 Å². The van der Waals surface area contributed by atoms with Crippen LogP contribution in [0.4, 0.5) is 0 Å². The molecule has 2 aromatic carbocycles. The number of piperidine rings is 1. The molecule has 1 heterocycles. The van der Waals surface area contributed by atoms with Crippen LogP contribution >= 0.6 is 0 Å². The van der Waals surface area contributed by atoms with Gasteiger partial charge in [0.15, 0.2) is 0 Å². The summed E-state index contributed by atoms with van der Waals surface area (Å²) < 4.78 is 5.77. The zero-order valence-electron chi connectivity index (χ0n) is 18.1. The van der Waals surface area contributed by atoms with E-state index < -0.39 is 0 Å². The van der Waals surface area contributed by atoms with Crippen molar-refractivity contribution in [3.05, 3.63) is 65.7 Å². The lowest BCUT2D eigenvalue weighted by molar-refractivity contribution is -0.127. The van der Waals surface area contributed by atoms with Gasteiger partial charge in [-0.1, -0.05) is 49.6 Å². The van der Waals surface area contributed by atoms with Gasteiger partial charge in [0.05, 0.1) is 5.92 Å². The first kappa shape index (κ1) is 21.4. The summed E-state index contributed by atoms with van der Waals surface area (Å²) in [5.41, 5.74) is 1.68. The summed E-state index contributed by atoms with van der Waals surface area (Å²) in [5.74, 6) is 0.857. The van der Waals surface area contributed by atoms with Gasteiger partial charge in [-0.05, 0) is 55.5 Å². The molecule has 1 unspecified atom stereocenters. The Hall–Kier alpha value is -2.82. The Morgan fingerprint density at radius 1 is 0.903 bits per heavy atom. The molecule has 164 valence electrons. The maximum atomic E-state index is 13.0. The van der Waals surface area contributed by atoms with Gasteiger partial charge in [0, 0.05) is 24.7 Å². The van der Waals surface area contributed by atoms with Crippen molar-refractivity contribution in [2.45, 2.75) is 57.6 Å². The molecule has 0 bridgehead atoms. The van der Waals surface area contributed by atoms with Gasteiger partial charge in [-0.2, -0.15) is 0 Å². The second-order valence-corrected chi connectivity index (χ2v) is 8.73. The van der Waals surface area contributed by atoms with Crippen LogP contribution in [0.15, 0.2) is 54.6 Å². The van der Waals surface area contributed by atoms with Gasteiger partial charge in [0.25, 0.3) is 5.91 Å². The van der Waals surface area contributed by atoms with Crippen molar-refractivity contribution in [2.75, 3.05) is 13.1 Å². The molecule has 5 heteroatoms. The zero-order valence-corrected chi connectivity index (χ0v) is 18.1. The Morgan fingerprint density at radius 2 is 1.65 bits per heavy atom. The number of nitrogens with one attached hydrogen (secondary N) is 1. The zero-order chi connectivity index (χ0) is 21.5. The third-order valence-electron chi connectivity index (χ3n) is 6.38. The minimum absolute atomic E-state index is 0.00527. The van der Waals surface area contributed by atoms with E-state index in [0.717, 1.165) is 37.0 Å². The number of likely N-dealkylation sites (tertiary alicyclic amines) is 1. The number of carbonyl (C=O) groups excluding carboxylic acids is 2. The van der Waals surface area contributed by atoms with Crippen molar-refractivity contribution in [3.63, 3.8) is 0 Å². The number of ether oxygens (including phenoxy) is 1. The van der Waals surface area contributed by atoms with Crippen LogP contribution in [0, 0.1) is 5.92 Å². The summed E-state index contributed by atoms with van der Waals surface area (Å²) in [6.07, 6.45) is 7.58. The second-order valence-electron chi connectivity index (χ2n) is 8.73.